The van der Waals surface area contributed by atoms with Gasteiger partial charge in [-0.2, -0.15) is 0 Å². The molecule has 0 fully saturated rings. The molecule has 0 amide bonds. The predicted octanol–water partition coefficient (Wildman–Crippen LogP) is 14.5. The second kappa shape index (κ2) is 12.6. The van der Waals surface area contributed by atoms with E-state index in [0.29, 0.717) is 0 Å². The second-order valence-electron chi connectivity index (χ2n) is 14.5. The Kier molecular flexibility index (Phi) is 7.06. The molecule has 0 saturated heterocycles. The third-order valence-electron chi connectivity index (χ3n) is 11.4. The fraction of sp³-hybridized carbons (Fsp3) is 0. The summed E-state index contributed by atoms with van der Waals surface area (Å²) < 4.78 is 4.98. The van der Waals surface area contributed by atoms with Crippen LogP contribution in [0.1, 0.15) is 0 Å². The zero-order valence-corrected chi connectivity index (χ0v) is 31.5. The quantitative estimate of drug-likeness (QED) is 0.165. The van der Waals surface area contributed by atoms with Crippen LogP contribution in [0.4, 0.5) is 17.3 Å². The van der Waals surface area contributed by atoms with Gasteiger partial charge in [0.15, 0.2) is 0 Å². The molecule has 0 unspecified atom stereocenters. The molecule has 266 valence electrons. The van der Waals surface area contributed by atoms with Crippen LogP contribution in [0.5, 0.6) is 0 Å². The first-order valence-corrected chi connectivity index (χ1v) is 20.1. The number of pyridine rings is 2. The van der Waals surface area contributed by atoms with E-state index in [2.05, 4.69) is 155 Å². The highest BCUT2D eigenvalue weighted by molar-refractivity contribution is 7.26. The normalized spacial score (nSPS) is 11.9. The Morgan fingerprint density at radius 2 is 1.04 bits per heavy atom. The van der Waals surface area contributed by atoms with Crippen LogP contribution in [-0.2, 0) is 0 Å². The van der Waals surface area contributed by atoms with Crippen molar-refractivity contribution in [1.82, 2.24) is 14.5 Å². The number of para-hydroxylation sites is 2. The maximum absolute atomic E-state index is 4.73. The molecule has 0 atom stereocenters. The lowest BCUT2D eigenvalue weighted by atomic mass is 9.88. The molecule has 0 spiro atoms. The van der Waals surface area contributed by atoms with Crippen molar-refractivity contribution < 1.29 is 0 Å². The van der Waals surface area contributed by atoms with Crippen LogP contribution in [0, 0.1) is 0 Å². The molecule has 8 aromatic carbocycles. The van der Waals surface area contributed by atoms with Gasteiger partial charge < -0.3 is 4.57 Å². The third kappa shape index (κ3) is 4.79. The molecule has 0 N–H and O–H groups in total. The summed E-state index contributed by atoms with van der Waals surface area (Å²) in [6.45, 7) is 0. The van der Waals surface area contributed by atoms with Gasteiger partial charge in [-0.1, -0.05) is 121 Å². The summed E-state index contributed by atoms with van der Waals surface area (Å²) >= 11 is 1.86. The Morgan fingerprint density at radius 3 is 1.77 bits per heavy atom. The van der Waals surface area contributed by atoms with E-state index in [1.54, 1.807) is 0 Å². The molecule has 12 rings (SSSR count). The Morgan fingerprint density at radius 1 is 0.421 bits per heavy atom. The lowest BCUT2D eigenvalue weighted by molar-refractivity contribution is 1.13. The van der Waals surface area contributed by atoms with E-state index in [-0.39, 0.29) is 0 Å². The van der Waals surface area contributed by atoms with Crippen LogP contribution < -0.4 is 4.90 Å². The van der Waals surface area contributed by atoms with Gasteiger partial charge >= 0.3 is 0 Å². The summed E-state index contributed by atoms with van der Waals surface area (Å²) in [5.74, 6) is 1.65. The molecule has 5 heteroatoms. The smallest absolute Gasteiger partial charge is 0.138 e. The van der Waals surface area contributed by atoms with Gasteiger partial charge in [-0.3, -0.25) is 4.90 Å². The number of hydrogen-bond donors (Lipinski definition) is 0. The van der Waals surface area contributed by atoms with Gasteiger partial charge in [0.05, 0.1) is 16.7 Å². The van der Waals surface area contributed by atoms with Gasteiger partial charge in [0.1, 0.15) is 11.6 Å². The van der Waals surface area contributed by atoms with Gasteiger partial charge in [0.2, 0.25) is 0 Å². The first-order chi connectivity index (χ1) is 28.3. The highest BCUT2D eigenvalue weighted by Crippen LogP contribution is 2.49. The van der Waals surface area contributed by atoms with Crippen LogP contribution in [0.15, 0.2) is 194 Å². The van der Waals surface area contributed by atoms with Crippen molar-refractivity contribution in [2.24, 2.45) is 0 Å². The summed E-state index contributed by atoms with van der Waals surface area (Å²) in [6.07, 6.45) is 3.66. The molecule has 0 aliphatic rings. The average molecular weight is 745 g/mol. The Hall–Kier alpha value is -7.34. The minimum atomic E-state index is 0.827. The van der Waals surface area contributed by atoms with Crippen molar-refractivity contribution in [3.63, 3.8) is 0 Å². The van der Waals surface area contributed by atoms with Crippen LogP contribution in [-0.4, -0.2) is 14.5 Å². The van der Waals surface area contributed by atoms with Crippen LogP contribution in [0.3, 0.4) is 0 Å². The number of fused-ring (bicyclic) bond motifs is 13. The topological polar surface area (TPSA) is 34.0 Å². The van der Waals surface area contributed by atoms with E-state index in [4.69, 9.17) is 9.97 Å². The molecule has 4 aromatic heterocycles. The summed E-state index contributed by atoms with van der Waals surface area (Å²) in [5.41, 5.74) is 7.12. The van der Waals surface area contributed by atoms with Gasteiger partial charge in [-0.15, -0.1) is 11.3 Å². The largest absolute Gasteiger partial charge is 0.309 e. The summed E-state index contributed by atoms with van der Waals surface area (Å²) in [6, 6.07) is 65.7. The Labute approximate surface area is 332 Å². The van der Waals surface area contributed by atoms with Gasteiger partial charge in [-0.25, -0.2) is 9.97 Å². The number of aromatic nitrogens is 3. The molecule has 0 aliphatic heterocycles. The van der Waals surface area contributed by atoms with Gasteiger partial charge in [0.25, 0.3) is 0 Å². The summed E-state index contributed by atoms with van der Waals surface area (Å²) in [7, 11) is 0. The minimum Gasteiger partial charge on any atom is -0.309 e. The molecule has 4 nitrogen and oxygen atoms in total. The monoisotopic (exact) mass is 744 g/mol. The van der Waals surface area contributed by atoms with E-state index in [1.165, 1.54) is 85.4 Å². The minimum absolute atomic E-state index is 0.827. The van der Waals surface area contributed by atoms with E-state index in [1.807, 2.05) is 60.1 Å². The number of thiophene rings is 1. The SMILES string of the molecule is c1ccc(-n2c3ccccc3c3c4ccccc4c4cc(-c5cccc6c5sc5cc(N(c7ccccn7)c7ccccn7)ccc56)c5ccccc5c4c32)cc1. The van der Waals surface area contributed by atoms with Crippen LogP contribution >= 0.6 is 11.3 Å². The fourth-order valence-corrected chi connectivity index (χ4v) is 10.4. The van der Waals surface area contributed by atoms with Crippen molar-refractivity contribution in [2.45, 2.75) is 0 Å². The van der Waals surface area contributed by atoms with Crippen LogP contribution in [0.25, 0.3) is 91.1 Å². The lowest BCUT2D eigenvalue weighted by Gasteiger charge is -2.22. The van der Waals surface area contributed by atoms with E-state index in [0.717, 1.165) is 23.0 Å². The lowest BCUT2D eigenvalue weighted by Crippen LogP contribution is -2.12. The Balaban J connectivity index is 1.16. The maximum atomic E-state index is 4.73. The van der Waals surface area contributed by atoms with Crippen molar-refractivity contribution in [3.05, 3.63) is 194 Å². The molecule has 12 aromatic rings. The predicted molar refractivity (Wildman–Crippen MR) is 242 cm³/mol. The standard InChI is InChI=1S/C52H32N4S/c1-2-15-33(16-3-1)55-45-24-9-8-21-42(45)49-39-20-7-5-18-36(39)44-32-43(35-17-4-6-19-38(35)50(44)51(49)55)41-23-14-22-40-37-28-27-34(31-46(37)57-52(40)41)56(47-25-10-12-29-53-47)48-26-11-13-30-54-48/h1-32H. The first kappa shape index (κ1) is 32.0. The zero-order chi connectivity index (χ0) is 37.5. The molecule has 57 heavy (non-hydrogen) atoms. The average Bonchev–Trinajstić information content (AvgIpc) is 3.83. The van der Waals surface area contributed by atoms with Gasteiger partial charge in [0, 0.05) is 60.0 Å². The van der Waals surface area contributed by atoms with Gasteiger partial charge in [-0.05, 0) is 93.2 Å². The second-order valence-corrected chi connectivity index (χ2v) is 15.6. The highest BCUT2D eigenvalue weighted by atomic mass is 32.1. The molecule has 0 aliphatic carbocycles. The zero-order valence-electron chi connectivity index (χ0n) is 30.7. The molecule has 0 bridgehead atoms. The summed E-state index contributed by atoms with van der Waals surface area (Å²) in [4.78, 5) is 11.6. The number of anilines is 3. The summed E-state index contributed by atoms with van der Waals surface area (Å²) in [5, 5.41) is 12.6. The van der Waals surface area contributed by atoms with E-state index in [9.17, 15) is 0 Å². The first-order valence-electron chi connectivity index (χ1n) is 19.2. The fourth-order valence-electron chi connectivity index (χ4n) is 9.09. The highest BCUT2D eigenvalue weighted by Gasteiger charge is 2.23. The molecular weight excluding hydrogens is 713 g/mol. The number of nitrogens with zero attached hydrogens (tertiary/aromatic N) is 4. The number of hydrogen-bond acceptors (Lipinski definition) is 4. The number of benzene rings is 8. The number of rotatable bonds is 5. The van der Waals surface area contributed by atoms with Crippen molar-refractivity contribution in [3.8, 4) is 16.8 Å². The molecule has 0 saturated carbocycles. The molecular formula is C52H32N4S. The van der Waals surface area contributed by atoms with E-state index >= 15 is 0 Å². The third-order valence-corrected chi connectivity index (χ3v) is 12.6. The van der Waals surface area contributed by atoms with Crippen molar-refractivity contribution >= 4 is 103 Å². The van der Waals surface area contributed by atoms with Crippen molar-refractivity contribution in [2.75, 3.05) is 4.90 Å². The molecule has 0 radical (unpaired) electrons. The van der Waals surface area contributed by atoms with Crippen molar-refractivity contribution in [1.29, 1.82) is 0 Å². The van der Waals surface area contributed by atoms with Crippen LogP contribution in [0.2, 0.25) is 0 Å². The maximum Gasteiger partial charge on any atom is 0.138 e. The van der Waals surface area contributed by atoms with E-state index < -0.39 is 0 Å². The molecule has 4 heterocycles. The Bertz CT molecular complexity index is 3480.